The van der Waals surface area contributed by atoms with Gasteiger partial charge in [0.25, 0.3) is 0 Å². The van der Waals surface area contributed by atoms with Gasteiger partial charge in [0.05, 0.1) is 5.92 Å². The van der Waals surface area contributed by atoms with Crippen LogP contribution in [0.25, 0.3) is 0 Å². The first kappa shape index (κ1) is 14.0. The number of carboxylic acid groups (broad SMARTS) is 1. The second kappa shape index (κ2) is 4.80. The van der Waals surface area contributed by atoms with Gasteiger partial charge >= 0.3 is 11.9 Å². The monoisotopic (exact) mass is 293 g/mol. The highest BCUT2D eigenvalue weighted by Gasteiger charge is 2.70. The molecule has 1 aromatic rings. The zero-order chi connectivity index (χ0) is 15.2. The maximum absolute atomic E-state index is 13.5. The molecule has 4 atom stereocenters. The number of esters is 1. The Kier molecular flexibility index (Phi) is 3.20. The minimum Gasteiger partial charge on any atom is -0.481 e. The summed E-state index contributed by atoms with van der Waals surface area (Å²) in [4.78, 5) is 23.2. The predicted molar refractivity (Wildman–Crippen MR) is 70.5 cm³/mol. The Labute approximate surface area is 120 Å². The number of carboxylic acids is 1. The van der Waals surface area contributed by atoms with Crippen LogP contribution in [0, 0.1) is 23.6 Å². The molecule has 0 amide bonds. The molecule has 0 radical (unpaired) electrons. The Balaban J connectivity index is 1.66. The van der Waals surface area contributed by atoms with Gasteiger partial charge in [0.1, 0.15) is 18.0 Å². The molecule has 2 aliphatic carbocycles. The van der Waals surface area contributed by atoms with Crippen molar-refractivity contribution in [3.8, 4) is 0 Å². The lowest BCUT2D eigenvalue weighted by molar-refractivity contribution is -0.153. The number of ether oxygens (including phenoxy) is 1. The Morgan fingerprint density at radius 2 is 2.14 bits per heavy atom. The first-order chi connectivity index (χ1) is 9.95. The summed E-state index contributed by atoms with van der Waals surface area (Å²) in [5.74, 6) is -2.94. The summed E-state index contributed by atoms with van der Waals surface area (Å²) < 4.78 is 18.6. The lowest BCUT2D eigenvalue weighted by Crippen LogP contribution is -2.50. The van der Waals surface area contributed by atoms with Gasteiger partial charge in [-0.15, -0.1) is 0 Å². The molecule has 0 bridgehead atoms. The standard InChI is InChI=1S/C15H16FNO4/c16-10-4-2-1-3-8(10)7-21-14(20)15(17)6-5-9-11(12(9)15)13(18)19/h1-4,9,11-12H,5-7,17H2,(H,18,19). The Hall–Kier alpha value is -1.95. The van der Waals surface area contributed by atoms with Gasteiger partial charge in [0.15, 0.2) is 0 Å². The third-order valence-corrected chi connectivity index (χ3v) is 4.64. The van der Waals surface area contributed by atoms with Crippen molar-refractivity contribution in [2.24, 2.45) is 23.5 Å². The fraction of sp³-hybridized carbons (Fsp3) is 0.467. The number of nitrogens with two attached hydrogens (primary N) is 1. The molecule has 0 spiro atoms. The quantitative estimate of drug-likeness (QED) is 0.817. The largest absolute Gasteiger partial charge is 0.481 e. The van der Waals surface area contributed by atoms with E-state index >= 15 is 0 Å². The van der Waals surface area contributed by atoms with E-state index in [1.54, 1.807) is 12.1 Å². The van der Waals surface area contributed by atoms with Crippen LogP contribution in [0.2, 0.25) is 0 Å². The molecule has 2 saturated carbocycles. The van der Waals surface area contributed by atoms with Crippen LogP contribution in [0.15, 0.2) is 24.3 Å². The van der Waals surface area contributed by atoms with Crippen LogP contribution in [-0.4, -0.2) is 22.6 Å². The Bertz CT molecular complexity index is 605. The molecule has 112 valence electrons. The lowest BCUT2D eigenvalue weighted by Gasteiger charge is -2.24. The average Bonchev–Trinajstić information content (AvgIpc) is 3.10. The summed E-state index contributed by atoms with van der Waals surface area (Å²) in [6, 6.07) is 6.01. The fourth-order valence-electron chi connectivity index (χ4n) is 3.48. The van der Waals surface area contributed by atoms with Crippen LogP contribution >= 0.6 is 0 Å². The van der Waals surface area contributed by atoms with Gasteiger partial charge in [-0.25, -0.2) is 4.39 Å². The van der Waals surface area contributed by atoms with Crippen LogP contribution in [0.5, 0.6) is 0 Å². The maximum atomic E-state index is 13.5. The minimum absolute atomic E-state index is 0.0338. The molecule has 3 rings (SSSR count). The van der Waals surface area contributed by atoms with Crippen molar-refractivity contribution in [3.05, 3.63) is 35.6 Å². The number of hydrogen-bond acceptors (Lipinski definition) is 4. The molecule has 21 heavy (non-hydrogen) atoms. The van der Waals surface area contributed by atoms with Crippen LogP contribution in [0.4, 0.5) is 4.39 Å². The van der Waals surface area contributed by atoms with Crippen molar-refractivity contribution < 1.29 is 23.8 Å². The van der Waals surface area contributed by atoms with E-state index in [1.165, 1.54) is 12.1 Å². The summed E-state index contributed by atoms with van der Waals surface area (Å²) in [5.41, 5.74) is 5.11. The third-order valence-electron chi connectivity index (χ3n) is 4.64. The van der Waals surface area contributed by atoms with Crippen LogP contribution in [0.1, 0.15) is 18.4 Å². The van der Waals surface area contributed by atoms with Crippen molar-refractivity contribution in [1.29, 1.82) is 0 Å². The molecule has 2 aliphatic rings. The molecule has 2 fully saturated rings. The number of rotatable bonds is 4. The summed E-state index contributed by atoms with van der Waals surface area (Å²) in [5, 5.41) is 9.06. The molecule has 0 saturated heterocycles. The zero-order valence-electron chi connectivity index (χ0n) is 11.3. The number of carbonyl (C=O) groups excluding carboxylic acids is 1. The first-order valence-corrected chi connectivity index (χ1v) is 6.87. The predicted octanol–water partition coefficient (Wildman–Crippen LogP) is 1.31. The molecule has 5 nitrogen and oxygen atoms in total. The number of carbonyl (C=O) groups is 2. The second-order valence-electron chi connectivity index (χ2n) is 5.80. The van der Waals surface area contributed by atoms with Crippen LogP contribution in [0.3, 0.4) is 0 Å². The van der Waals surface area contributed by atoms with Gasteiger partial charge < -0.3 is 15.6 Å². The Morgan fingerprint density at radius 3 is 2.76 bits per heavy atom. The smallest absolute Gasteiger partial charge is 0.326 e. The number of hydrogen-bond donors (Lipinski definition) is 2. The molecule has 1 aromatic carbocycles. The Morgan fingerprint density at radius 1 is 1.43 bits per heavy atom. The molecular weight excluding hydrogens is 277 g/mol. The maximum Gasteiger partial charge on any atom is 0.326 e. The van der Waals surface area contributed by atoms with E-state index in [-0.39, 0.29) is 24.0 Å². The number of fused-ring (bicyclic) bond motifs is 1. The number of benzene rings is 1. The van der Waals surface area contributed by atoms with E-state index in [2.05, 4.69) is 0 Å². The molecular formula is C15H16FNO4. The summed E-state index contributed by atoms with van der Waals surface area (Å²) in [7, 11) is 0. The van der Waals surface area contributed by atoms with E-state index < -0.39 is 29.2 Å². The first-order valence-electron chi connectivity index (χ1n) is 6.87. The highest BCUT2D eigenvalue weighted by atomic mass is 19.1. The van der Waals surface area contributed by atoms with Crippen molar-refractivity contribution in [2.45, 2.75) is 25.0 Å². The van der Waals surface area contributed by atoms with Gasteiger partial charge in [-0.1, -0.05) is 18.2 Å². The summed E-state index contributed by atoms with van der Waals surface area (Å²) >= 11 is 0. The van der Waals surface area contributed by atoms with Gasteiger partial charge in [-0.05, 0) is 24.8 Å². The summed E-state index contributed by atoms with van der Waals surface area (Å²) in [6.45, 7) is -0.195. The van der Waals surface area contributed by atoms with Crippen LogP contribution in [-0.2, 0) is 20.9 Å². The molecule has 0 aromatic heterocycles. The van der Waals surface area contributed by atoms with Gasteiger partial charge in [0.2, 0.25) is 0 Å². The molecule has 3 N–H and O–H groups in total. The molecule has 6 heteroatoms. The van der Waals surface area contributed by atoms with Crippen LogP contribution < -0.4 is 5.73 Å². The minimum atomic E-state index is -1.25. The highest BCUT2D eigenvalue weighted by Crippen LogP contribution is 2.61. The third kappa shape index (κ3) is 2.19. The molecule has 4 unspecified atom stereocenters. The summed E-state index contributed by atoms with van der Waals surface area (Å²) in [6.07, 6.45) is 1.04. The van der Waals surface area contributed by atoms with Gasteiger partial charge in [0, 0.05) is 11.5 Å². The van der Waals surface area contributed by atoms with Crippen molar-refractivity contribution in [3.63, 3.8) is 0 Å². The van der Waals surface area contributed by atoms with Gasteiger partial charge in [-0.3, -0.25) is 9.59 Å². The molecule has 0 aliphatic heterocycles. The van der Waals surface area contributed by atoms with Crippen molar-refractivity contribution in [1.82, 2.24) is 0 Å². The average molecular weight is 293 g/mol. The van der Waals surface area contributed by atoms with E-state index in [1.807, 2.05) is 0 Å². The van der Waals surface area contributed by atoms with Crippen molar-refractivity contribution in [2.75, 3.05) is 0 Å². The van der Waals surface area contributed by atoms with E-state index in [4.69, 9.17) is 15.6 Å². The zero-order valence-corrected chi connectivity index (χ0v) is 11.3. The number of halogens is 1. The van der Waals surface area contributed by atoms with E-state index in [9.17, 15) is 14.0 Å². The SMILES string of the molecule is NC1(C(=O)OCc2ccccc2F)CCC2C(C(=O)O)C21. The second-order valence-corrected chi connectivity index (χ2v) is 5.80. The van der Waals surface area contributed by atoms with Gasteiger partial charge in [-0.2, -0.15) is 0 Å². The van der Waals surface area contributed by atoms with E-state index in [0.29, 0.717) is 12.8 Å². The van der Waals surface area contributed by atoms with E-state index in [0.717, 1.165) is 0 Å². The molecule has 0 heterocycles. The topological polar surface area (TPSA) is 89.6 Å². The number of aliphatic carboxylic acids is 1. The lowest BCUT2D eigenvalue weighted by atomic mass is 9.91. The normalized spacial score (nSPS) is 33.3. The highest BCUT2D eigenvalue weighted by molar-refractivity contribution is 5.86. The fourth-order valence-corrected chi connectivity index (χ4v) is 3.48. The van der Waals surface area contributed by atoms with Crippen molar-refractivity contribution >= 4 is 11.9 Å².